The maximum absolute atomic E-state index is 10.9. The van der Waals surface area contributed by atoms with E-state index in [1.165, 1.54) is 19.1 Å². The van der Waals surface area contributed by atoms with Gasteiger partial charge in [-0.15, -0.1) is 0 Å². The highest BCUT2D eigenvalue weighted by atomic mass is 16.6. The van der Waals surface area contributed by atoms with E-state index < -0.39 is 16.3 Å². The molecule has 1 aromatic heterocycles. The van der Waals surface area contributed by atoms with E-state index in [9.17, 15) is 14.9 Å². The third-order valence-corrected chi connectivity index (χ3v) is 2.55. The Morgan fingerprint density at radius 2 is 2.17 bits per heavy atom. The van der Waals surface area contributed by atoms with Crippen LogP contribution >= 0.6 is 0 Å². The average molecular weight is 253 g/mol. The van der Waals surface area contributed by atoms with Crippen LogP contribution in [-0.4, -0.2) is 27.5 Å². The third-order valence-electron chi connectivity index (χ3n) is 2.55. The molecule has 18 heavy (non-hydrogen) atoms. The second-order valence-electron chi connectivity index (χ2n) is 4.60. The molecule has 0 spiro atoms. The van der Waals surface area contributed by atoms with Gasteiger partial charge in [-0.05, 0) is 26.8 Å². The van der Waals surface area contributed by atoms with Crippen LogP contribution in [0, 0.1) is 22.5 Å². The summed E-state index contributed by atoms with van der Waals surface area (Å²) in [7, 11) is 0. The van der Waals surface area contributed by atoms with Gasteiger partial charge >= 0.3 is 5.97 Å². The van der Waals surface area contributed by atoms with E-state index in [2.05, 4.69) is 10.3 Å². The molecule has 0 amide bonds. The zero-order valence-electron chi connectivity index (χ0n) is 10.4. The molecule has 1 rings (SSSR count). The second kappa shape index (κ2) is 4.99. The number of aliphatic carboxylic acids is 1. The van der Waals surface area contributed by atoms with Crippen LogP contribution in [0.15, 0.2) is 12.1 Å². The number of hydrogen-bond acceptors (Lipinski definition) is 5. The van der Waals surface area contributed by atoms with Crippen LogP contribution in [0.25, 0.3) is 0 Å². The number of carboxylic acids is 1. The lowest BCUT2D eigenvalue weighted by molar-refractivity contribution is -0.385. The summed E-state index contributed by atoms with van der Waals surface area (Å²) in [6.07, 6.45) is 0. The van der Waals surface area contributed by atoms with Crippen molar-refractivity contribution in [1.82, 2.24) is 4.98 Å². The summed E-state index contributed by atoms with van der Waals surface area (Å²) in [4.78, 5) is 25.0. The van der Waals surface area contributed by atoms with Gasteiger partial charge in [0.1, 0.15) is 11.5 Å². The molecule has 0 unspecified atom stereocenters. The lowest BCUT2D eigenvalue weighted by Gasteiger charge is -2.19. The zero-order valence-corrected chi connectivity index (χ0v) is 10.4. The summed E-state index contributed by atoms with van der Waals surface area (Å²) >= 11 is 0. The summed E-state index contributed by atoms with van der Waals surface area (Å²) in [5.41, 5.74) is -0.701. The molecule has 98 valence electrons. The normalized spacial score (nSPS) is 11.1. The summed E-state index contributed by atoms with van der Waals surface area (Å²) in [6, 6.07) is 2.81. The van der Waals surface area contributed by atoms with Gasteiger partial charge in [0.25, 0.3) is 5.69 Å². The largest absolute Gasteiger partial charge is 0.481 e. The number of hydrogen-bond donors (Lipinski definition) is 2. The summed E-state index contributed by atoms with van der Waals surface area (Å²) in [6.45, 7) is 4.89. The molecule has 0 atom stereocenters. The molecular formula is C11H15N3O4. The minimum absolute atomic E-state index is 0.0574. The molecule has 0 bridgehead atoms. The topological polar surface area (TPSA) is 105 Å². The zero-order chi connectivity index (χ0) is 13.9. The van der Waals surface area contributed by atoms with Crippen molar-refractivity contribution < 1.29 is 14.8 Å². The van der Waals surface area contributed by atoms with E-state index in [1.54, 1.807) is 13.8 Å². The molecule has 7 nitrogen and oxygen atoms in total. The molecule has 0 aliphatic heterocycles. The van der Waals surface area contributed by atoms with Gasteiger partial charge in [0, 0.05) is 12.6 Å². The van der Waals surface area contributed by atoms with Gasteiger partial charge in [-0.2, -0.15) is 0 Å². The van der Waals surface area contributed by atoms with Crippen molar-refractivity contribution in [2.45, 2.75) is 20.8 Å². The van der Waals surface area contributed by atoms with Crippen molar-refractivity contribution in [3.63, 3.8) is 0 Å². The average Bonchev–Trinajstić information content (AvgIpc) is 2.25. The van der Waals surface area contributed by atoms with E-state index in [-0.39, 0.29) is 17.9 Å². The fraction of sp³-hybridized carbons (Fsp3) is 0.455. The van der Waals surface area contributed by atoms with Crippen LogP contribution < -0.4 is 5.32 Å². The molecule has 1 heterocycles. The monoisotopic (exact) mass is 253 g/mol. The molecule has 2 N–H and O–H groups in total. The molecule has 0 radical (unpaired) electrons. The van der Waals surface area contributed by atoms with Gasteiger partial charge in [-0.3, -0.25) is 14.9 Å². The first-order valence-corrected chi connectivity index (χ1v) is 5.33. The summed E-state index contributed by atoms with van der Waals surface area (Å²) in [5.74, 6) is -0.499. The van der Waals surface area contributed by atoms with Crippen LogP contribution in [-0.2, 0) is 4.79 Å². The summed E-state index contributed by atoms with van der Waals surface area (Å²) in [5, 5.41) is 22.4. The quantitative estimate of drug-likeness (QED) is 0.612. The Hall–Kier alpha value is -2.18. The predicted octanol–water partition coefficient (Wildman–Crippen LogP) is 1.82. The Balaban J connectivity index is 2.79. The van der Waals surface area contributed by atoms with Crippen molar-refractivity contribution in [3.05, 3.63) is 27.9 Å². The Labute approximate surface area is 104 Å². The number of carboxylic acid groups (broad SMARTS) is 1. The molecule has 1 aromatic rings. The minimum Gasteiger partial charge on any atom is -0.481 e. The molecule has 0 saturated heterocycles. The number of carbonyl (C=O) groups is 1. The standard InChI is InChI=1S/C11H15N3O4/c1-7-8(14(17)18)4-5-9(13-7)12-6-11(2,3)10(15)16/h4-5H,6H2,1-3H3,(H,12,13)(H,15,16). The van der Waals surface area contributed by atoms with Crippen LogP contribution in [0.5, 0.6) is 0 Å². The van der Waals surface area contributed by atoms with E-state index in [4.69, 9.17) is 5.11 Å². The van der Waals surface area contributed by atoms with E-state index in [0.29, 0.717) is 5.82 Å². The second-order valence-corrected chi connectivity index (χ2v) is 4.60. The number of rotatable bonds is 5. The van der Waals surface area contributed by atoms with E-state index in [1.807, 2.05) is 0 Å². The number of anilines is 1. The molecule has 0 aliphatic carbocycles. The van der Waals surface area contributed by atoms with Crippen LogP contribution in [0.4, 0.5) is 11.5 Å². The maximum atomic E-state index is 10.9. The fourth-order valence-electron chi connectivity index (χ4n) is 1.23. The van der Waals surface area contributed by atoms with Crippen molar-refractivity contribution in [1.29, 1.82) is 0 Å². The maximum Gasteiger partial charge on any atom is 0.310 e. The predicted molar refractivity (Wildman–Crippen MR) is 65.5 cm³/mol. The Morgan fingerprint density at radius 3 is 2.61 bits per heavy atom. The van der Waals surface area contributed by atoms with Crippen LogP contribution in [0.2, 0.25) is 0 Å². The number of aromatic nitrogens is 1. The van der Waals surface area contributed by atoms with Crippen molar-refractivity contribution >= 4 is 17.5 Å². The first-order valence-electron chi connectivity index (χ1n) is 5.33. The number of nitrogens with one attached hydrogen (secondary N) is 1. The highest BCUT2D eigenvalue weighted by Crippen LogP contribution is 2.20. The smallest absolute Gasteiger partial charge is 0.310 e. The SMILES string of the molecule is Cc1nc(NCC(C)(C)C(=O)O)ccc1[N+](=O)[O-]. The molecule has 7 heteroatoms. The molecule has 0 saturated carbocycles. The molecular weight excluding hydrogens is 238 g/mol. The van der Waals surface area contributed by atoms with Gasteiger partial charge in [0.2, 0.25) is 0 Å². The van der Waals surface area contributed by atoms with Crippen molar-refractivity contribution in [2.75, 3.05) is 11.9 Å². The minimum atomic E-state index is -0.933. The number of aryl methyl sites for hydroxylation is 1. The van der Waals surface area contributed by atoms with E-state index in [0.717, 1.165) is 0 Å². The molecule has 0 fully saturated rings. The van der Waals surface area contributed by atoms with E-state index >= 15 is 0 Å². The highest BCUT2D eigenvalue weighted by Gasteiger charge is 2.27. The molecule has 0 aromatic carbocycles. The lowest BCUT2D eigenvalue weighted by atomic mass is 9.94. The number of nitro groups is 1. The Morgan fingerprint density at radius 1 is 1.56 bits per heavy atom. The van der Waals surface area contributed by atoms with Crippen molar-refractivity contribution in [2.24, 2.45) is 5.41 Å². The van der Waals surface area contributed by atoms with Gasteiger partial charge in [0.15, 0.2) is 0 Å². The Kier molecular flexibility index (Phi) is 3.85. The Bertz CT molecular complexity index is 485. The first-order chi connectivity index (χ1) is 8.24. The summed E-state index contributed by atoms with van der Waals surface area (Å²) < 4.78 is 0. The van der Waals surface area contributed by atoms with Crippen LogP contribution in [0.3, 0.4) is 0 Å². The van der Waals surface area contributed by atoms with Gasteiger partial charge in [0.05, 0.1) is 10.3 Å². The van der Waals surface area contributed by atoms with Gasteiger partial charge in [-0.1, -0.05) is 0 Å². The van der Waals surface area contributed by atoms with Crippen LogP contribution in [0.1, 0.15) is 19.5 Å². The lowest BCUT2D eigenvalue weighted by Crippen LogP contribution is -2.32. The molecule has 0 aliphatic rings. The van der Waals surface area contributed by atoms with Gasteiger partial charge in [-0.25, -0.2) is 4.98 Å². The van der Waals surface area contributed by atoms with Gasteiger partial charge < -0.3 is 10.4 Å². The third kappa shape index (κ3) is 3.16. The number of pyridine rings is 1. The first kappa shape index (κ1) is 13.9. The number of nitrogens with zero attached hydrogens (tertiary/aromatic N) is 2. The van der Waals surface area contributed by atoms with Crippen molar-refractivity contribution in [3.8, 4) is 0 Å². The fourth-order valence-corrected chi connectivity index (χ4v) is 1.23. The highest BCUT2D eigenvalue weighted by molar-refractivity contribution is 5.74.